The van der Waals surface area contributed by atoms with E-state index in [4.69, 9.17) is 9.47 Å². The van der Waals surface area contributed by atoms with Crippen LogP contribution in [-0.2, 0) is 14.3 Å². The van der Waals surface area contributed by atoms with Gasteiger partial charge in [0.1, 0.15) is 5.75 Å². The Labute approximate surface area is 151 Å². The number of amides is 1. The number of hydrogen-bond donors (Lipinski definition) is 1. The average Bonchev–Trinajstić information content (AvgIpc) is 2.66. The van der Waals surface area contributed by atoms with Crippen molar-refractivity contribution in [3.8, 4) is 5.75 Å². The molecule has 142 valence electrons. The highest BCUT2D eigenvalue weighted by Gasteiger charge is 2.21. The van der Waals surface area contributed by atoms with Gasteiger partial charge < -0.3 is 14.8 Å². The highest BCUT2D eigenvalue weighted by molar-refractivity contribution is 5.95. The predicted molar refractivity (Wildman–Crippen MR) is 87.8 cm³/mol. The number of carbonyl (C=O) groups is 3. The number of nitrogens with one attached hydrogen (secondary N) is 1. The smallest absolute Gasteiger partial charge is 0.344 e. The Morgan fingerprint density at radius 3 is 2.52 bits per heavy atom. The molecule has 1 N–H and O–H groups in total. The first-order valence-corrected chi connectivity index (χ1v) is 7.64. The van der Waals surface area contributed by atoms with Crippen molar-refractivity contribution < 1.29 is 37.0 Å². The van der Waals surface area contributed by atoms with Crippen molar-refractivity contribution in [1.82, 2.24) is 0 Å². The van der Waals surface area contributed by atoms with Gasteiger partial charge in [-0.05, 0) is 31.2 Å². The molecule has 27 heavy (non-hydrogen) atoms. The number of esters is 1. The first-order valence-electron chi connectivity index (χ1n) is 7.64. The van der Waals surface area contributed by atoms with Crippen molar-refractivity contribution in [2.24, 2.45) is 0 Å². The molecular formula is C18H14F3NO5. The first-order chi connectivity index (χ1) is 12.8. The predicted octanol–water partition coefficient (Wildman–Crippen LogP) is 2.87. The van der Waals surface area contributed by atoms with Crippen LogP contribution in [0, 0.1) is 17.5 Å². The van der Waals surface area contributed by atoms with Crippen molar-refractivity contribution in [3.63, 3.8) is 0 Å². The summed E-state index contributed by atoms with van der Waals surface area (Å²) in [5.41, 5.74) is -0.372. The summed E-state index contributed by atoms with van der Waals surface area (Å²) < 4.78 is 49.5. The van der Waals surface area contributed by atoms with Gasteiger partial charge >= 0.3 is 5.97 Å². The van der Waals surface area contributed by atoms with E-state index < -0.39 is 47.7 Å². The van der Waals surface area contributed by atoms with E-state index in [1.54, 1.807) is 12.1 Å². The Hall–Kier alpha value is -3.36. The maximum absolute atomic E-state index is 13.5. The Morgan fingerprint density at radius 1 is 1.11 bits per heavy atom. The second kappa shape index (κ2) is 8.84. The second-order valence-corrected chi connectivity index (χ2v) is 5.29. The van der Waals surface area contributed by atoms with Crippen molar-refractivity contribution in [3.05, 3.63) is 59.4 Å². The minimum atomic E-state index is -1.74. The van der Waals surface area contributed by atoms with Gasteiger partial charge in [-0.1, -0.05) is 12.1 Å². The van der Waals surface area contributed by atoms with E-state index in [-0.39, 0.29) is 11.3 Å². The van der Waals surface area contributed by atoms with Crippen LogP contribution in [0.25, 0.3) is 0 Å². The Morgan fingerprint density at radius 2 is 1.81 bits per heavy atom. The third kappa shape index (κ3) is 5.06. The quantitative estimate of drug-likeness (QED) is 0.453. The highest BCUT2D eigenvalue weighted by atomic mass is 19.2. The Kier molecular flexibility index (Phi) is 6.53. The summed E-state index contributed by atoms with van der Waals surface area (Å²) in [4.78, 5) is 34.5. The van der Waals surface area contributed by atoms with Crippen LogP contribution in [0.1, 0.15) is 17.3 Å². The zero-order valence-corrected chi connectivity index (χ0v) is 14.0. The van der Waals surface area contributed by atoms with Crippen molar-refractivity contribution >= 4 is 23.9 Å². The molecule has 9 heteroatoms. The number of anilines is 1. The van der Waals surface area contributed by atoms with Crippen LogP contribution in [0.2, 0.25) is 0 Å². The summed E-state index contributed by atoms with van der Waals surface area (Å²) >= 11 is 0. The summed E-state index contributed by atoms with van der Waals surface area (Å²) in [6.07, 6.45) is -0.817. The molecule has 0 heterocycles. The topological polar surface area (TPSA) is 81.7 Å². The van der Waals surface area contributed by atoms with Crippen LogP contribution < -0.4 is 10.1 Å². The molecule has 0 bridgehead atoms. The molecule has 0 saturated heterocycles. The third-order valence-electron chi connectivity index (χ3n) is 3.36. The van der Waals surface area contributed by atoms with E-state index in [0.29, 0.717) is 12.4 Å². The molecule has 1 atom stereocenters. The molecule has 1 amide bonds. The van der Waals surface area contributed by atoms with Gasteiger partial charge in [0.05, 0.1) is 11.3 Å². The van der Waals surface area contributed by atoms with Gasteiger partial charge in [0, 0.05) is 0 Å². The number of ether oxygens (including phenoxy) is 2. The normalized spacial score (nSPS) is 11.4. The zero-order valence-electron chi connectivity index (χ0n) is 14.0. The number of para-hydroxylation sites is 1. The largest absolute Gasteiger partial charge is 0.481 e. The standard InChI is InChI=1S/C18H14F3NO5/c1-10(18(25)22-13-7-6-12(19)16(20)17(13)21)27-15(24)9-26-14-5-3-2-4-11(14)8-23/h2-8,10H,9H2,1H3,(H,22,25)/t10-/m0/s1. The lowest BCUT2D eigenvalue weighted by Gasteiger charge is -2.14. The molecule has 0 saturated carbocycles. The maximum Gasteiger partial charge on any atom is 0.344 e. The van der Waals surface area contributed by atoms with Gasteiger partial charge in [0.2, 0.25) is 0 Å². The lowest BCUT2D eigenvalue weighted by atomic mass is 10.2. The van der Waals surface area contributed by atoms with Crippen LogP contribution in [0.15, 0.2) is 36.4 Å². The minimum absolute atomic E-state index is 0.158. The van der Waals surface area contributed by atoms with Gasteiger partial charge in [0.25, 0.3) is 5.91 Å². The van der Waals surface area contributed by atoms with E-state index in [0.717, 1.165) is 6.07 Å². The fourth-order valence-corrected chi connectivity index (χ4v) is 1.99. The van der Waals surface area contributed by atoms with Gasteiger partial charge in [-0.15, -0.1) is 0 Å². The monoisotopic (exact) mass is 381 g/mol. The summed E-state index contributed by atoms with van der Waals surface area (Å²) in [5.74, 6) is -6.44. The van der Waals surface area contributed by atoms with Crippen LogP contribution in [0.4, 0.5) is 18.9 Å². The van der Waals surface area contributed by atoms with Gasteiger partial charge in [-0.2, -0.15) is 0 Å². The SMILES string of the molecule is C[C@H](OC(=O)COc1ccccc1C=O)C(=O)Nc1ccc(F)c(F)c1F. The molecule has 0 radical (unpaired) electrons. The number of carbonyl (C=O) groups excluding carboxylic acids is 3. The molecular weight excluding hydrogens is 367 g/mol. The van der Waals surface area contributed by atoms with Crippen molar-refractivity contribution in [2.45, 2.75) is 13.0 Å². The molecule has 0 spiro atoms. The lowest BCUT2D eigenvalue weighted by Crippen LogP contribution is -2.32. The van der Waals surface area contributed by atoms with Crippen LogP contribution in [0.3, 0.4) is 0 Å². The summed E-state index contributed by atoms with van der Waals surface area (Å²) in [6.45, 7) is 0.617. The number of benzene rings is 2. The van der Waals surface area contributed by atoms with Gasteiger partial charge in [-0.25, -0.2) is 18.0 Å². The molecule has 2 rings (SSSR count). The van der Waals surface area contributed by atoms with Gasteiger partial charge in [0.15, 0.2) is 36.4 Å². The lowest BCUT2D eigenvalue weighted by molar-refractivity contribution is -0.155. The van der Waals surface area contributed by atoms with E-state index in [1.165, 1.54) is 19.1 Å². The summed E-state index contributed by atoms with van der Waals surface area (Å²) in [7, 11) is 0. The van der Waals surface area contributed by atoms with E-state index >= 15 is 0 Å². The fraction of sp³-hybridized carbons (Fsp3) is 0.167. The molecule has 0 aliphatic heterocycles. The summed E-state index contributed by atoms with van der Waals surface area (Å²) in [6, 6.07) is 7.64. The van der Waals surface area contributed by atoms with E-state index in [1.807, 2.05) is 5.32 Å². The zero-order chi connectivity index (χ0) is 20.0. The van der Waals surface area contributed by atoms with E-state index in [2.05, 4.69) is 0 Å². The van der Waals surface area contributed by atoms with Crippen molar-refractivity contribution in [1.29, 1.82) is 0 Å². The first kappa shape index (κ1) is 20.0. The summed E-state index contributed by atoms with van der Waals surface area (Å²) in [5, 5.41) is 1.99. The number of aldehydes is 1. The van der Waals surface area contributed by atoms with Crippen LogP contribution in [-0.4, -0.2) is 30.9 Å². The highest BCUT2D eigenvalue weighted by Crippen LogP contribution is 2.20. The molecule has 0 fully saturated rings. The average molecular weight is 381 g/mol. The molecule has 6 nitrogen and oxygen atoms in total. The van der Waals surface area contributed by atoms with Gasteiger partial charge in [-0.3, -0.25) is 9.59 Å². The molecule has 0 aliphatic rings. The number of halogens is 3. The number of rotatable bonds is 7. The maximum atomic E-state index is 13.5. The van der Waals surface area contributed by atoms with E-state index in [9.17, 15) is 27.6 Å². The molecule has 0 aromatic heterocycles. The number of hydrogen-bond acceptors (Lipinski definition) is 5. The van der Waals surface area contributed by atoms with Crippen molar-refractivity contribution in [2.75, 3.05) is 11.9 Å². The third-order valence-corrected chi connectivity index (χ3v) is 3.36. The Balaban J connectivity index is 1.91. The molecule has 0 unspecified atom stereocenters. The molecule has 2 aromatic rings. The van der Waals surface area contributed by atoms with Crippen LogP contribution >= 0.6 is 0 Å². The second-order valence-electron chi connectivity index (χ2n) is 5.29. The van der Waals surface area contributed by atoms with Crippen LogP contribution in [0.5, 0.6) is 5.75 Å². The Bertz CT molecular complexity index is 872. The minimum Gasteiger partial charge on any atom is -0.481 e. The molecule has 2 aromatic carbocycles. The molecule has 0 aliphatic carbocycles. The fourth-order valence-electron chi connectivity index (χ4n) is 1.99.